The van der Waals surface area contributed by atoms with Crippen LogP contribution in [0.25, 0.3) is 0 Å². The smallest absolute Gasteiger partial charge is 0.786 e. The minimum absolute atomic E-state index is 0. The average Bonchev–Trinajstić information content (AvgIpc) is 3.20. The van der Waals surface area contributed by atoms with Crippen molar-refractivity contribution in [2.75, 3.05) is 26.4 Å². The van der Waals surface area contributed by atoms with Crippen molar-refractivity contribution in [1.82, 2.24) is 0 Å². The summed E-state index contributed by atoms with van der Waals surface area (Å²) in [6.07, 6.45) is 52.1. The van der Waals surface area contributed by atoms with Crippen LogP contribution in [0.1, 0.15) is 285 Å². The molecule has 57 heavy (non-hydrogen) atoms. The molecule has 0 atom stereocenters. The molecule has 0 fully saturated rings. The van der Waals surface area contributed by atoms with E-state index in [1.807, 2.05) is 0 Å². The first-order chi connectivity index (χ1) is 27.6. The fourth-order valence-corrected chi connectivity index (χ4v) is 8.25. The quantitative estimate of drug-likeness (QED) is 0.0343. The summed E-state index contributed by atoms with van der Waals surface area (Å²) >= 11 is 0. The van der Waals surface area contributed by atoms with Gasteiger partial charge in [0.05, 0.1) is 43.6 Å². The average molecular weight is 973 g/mol. The second-order valence-corrected chi connectivity index (χ2v) is 18.4. The SMILES string of the molecule is CCCCCCCCCCCCOP([O-])OCCCCCCCCCCCC.CCCCCCCCCCCCOP([O-])OCCCCCCCCCCCC.[Ba+2]. The minimum Gasteiger partial charge on any atom is -0.786 e. The first kappa shape index (κ1) is 63.5. The van der Waals surface area contributed by atoms with Gasteiger partial charge in [-0.25, -0.2) is 0 Å². The number of hydrogen-bond donors (Lipinski definition) is 0. The van der Waals surface area contributed by atoms with Crippen LogP contribution in [0.5, 0.6) is 0 Å². The number of rotatable bonds is 48. The van der Waals surface area contributed by atoms with Gasteiger partial charge >= 0.3 is 48.9 Å². The second kappa shape index (κ2) is 60.3. The van der Waals surface area contributed by atoms with Gasteiger partial charge in [-0.05, 0) is 25.7 Å². The zero-order valence-corrected chi connectivity index (χ0v) is 45.4. The largest absolute Gasteiger partial charge is 2.00 e. The van der Waals surface area contributed by atoms with Gasteiger partial charge in [-0.2, -0.15) is 0 Å². The van der Waals surface area contributed by atoms with Crippen LogP contribution in [-0.4, -0.2) is 75.3 Å². The molecule has 0 N–H and O–H groups in total. The van der Waals surface area contributed by atoms with Crippen LogP contribution in [-0.2, 0) is 18.1 Å². The Hall–Kier alpha value is 2.19. The molecule has 0 amide bonds. The molecule has 340 valence electrons. The molecule has 0 radical (unpaired) electrons. The van der Waals surface area contributed by atoms with Crippen molar-refractivity contribution in [3.05, 3.63) is 0 Å². The van der Waals surface area contributed by atoms with Crippen LogP contribution >= 0.6 is 17.2 Å². The van der Waals surface area contributed by atoms with E-state index < -0.39 is 17.2 Å². The molecule has 0 heterocycles. The first-order valence-electron chi connectivity index (χ1n) is 25.1. The standard InChI is InChI=1S/2C24H50O3P.Ba/c2*1-3-5-7-9-11-13-15-17-19-21-23-26-28(25)27-24-22-20-18-16-14-12-10-8-6-4-2;/h2*3-24H2,1-2H3;/q2*-1;+2. The van der Waals surface area contributed by atoms with E-state index >= 15 is 0 Å². The fraction of sp³-hybridized carbons (Fsp3) is 1.00. The van der Waals surface area contributed by atoms with Gasteiger partial charge in [0, 0.05) is 0 Å². The summed E-state index contributed by atoms with van der Waals surface area (Å²) in [5, 5.41) is 0. The van der Waals surface area contributed by atoms with Crippen molar-refractivity contribution in [1.29, 1.82) is 0 Å². The van der Waals surface area contributed by atoms with Crippen LogP contribution < -0.4 is 9.79 Å². The van der Waals surface area contributed by atoms with Crippen LogP contribution in [0.3, 0.4) is 0 Å². The molecule has 6 nitrogen and oxygen atoms in total. The summed E-state index contributed by atoms with van der Waals surface area (Å²) in [6, 6.07) is 0. The maximum Gasteiger partial charge on any atom is 2.00 e. The molecule has 0 aromatic rings. The third-order valence-electron chi connectivity index (χ3n) is 10.8. The van der Waals surface area contributed by atoms with Gasteiger partial charge in [0.15, 0.2) is 0 Å². The molecule has 0 aliphatic heterocycles. The number of unbranched alkanes of at least 4 members (excludes halogenated alkanes) is 36. The van der Waals surface area contributed by atoms with Crippen molar-refractivity contribution in [3.63, 3.8) is 0 Å². The van der Waals surface area contributed by atoms with Crippen LogP contribution in [0.4, 0.5) is 0 Å². The van der Waals surface area contributed by atoms with Crippen LogP contribution in [0.15, 0.2) is 0 Å². The van der Waals surface area contributed by atoms with E-state index in [-0.39, 0.29) is 48.9 Å². The monoisotopic (exact) mass is 973 g/mol. The molecule has 0 saturated carbocycles. The molecule has 0 rings (SSSR count). The van der Waals surface area contributed by atoms with Crippen molar-refractivity contribution in [3.8, 4) is 0 Å². The maximum atomic E-state index is 11.7. The Morgan fingerprint density at radius 3 is 0.491 bits per heavy atom. The van der Waals surface area contributed by atoms with E-state index in [0.717, 1.165) is 25.7 Å². The van der Waals surface area contributed by atoms with Gasteiger partial charge in [0.1, 0.15) is 0 Å². The topological polar surface area (TPSA) is 83.0 Å². The van der Waals surface area contributed by atoms with Gasteiger partial charge in [-0.15, -0.1) is 0 Å². The first-order valence-corrected chi connectivity index (χ1v) is 27.3. The van der Waals surface area contributed by atoms with E-state index in [1.165, 1.54) is 231 Å². The summed E-state index contributed by atoms with van der Waals surface area (Å²) in [5.74, 6) is 0. The van der Waals surface area contributed by atoms with Crippen molar-refractivity contribution < 1.29 is 27.9 Å². The van der Waals surface area contributed by atoms with Gasteiger partial charge in [-0.1, -0.05) is 259 Å². The Kier molecular flexibility index (Phi) is 67.1. The molecule has 0 aromatic carbocycles. The summed E-state index contributed by atoms with van der Waals surface area (Å²) in [6.45, 7) is 11.3. The van der Waals surface area contributed by atoms with Crippen LogP contribution in [0.2, 0.25) is 0 Å². The zero-order chi connectivity index (χ0) is 41.1. The fourth-order valence-electron chi connectivity index (χ4n) is 6.99. The predicted molar refractivity (Wildman–Crippen MR) is 251 cm³/mol. The molecule has 0 unspecified atom stereocenters. The molecule has 0 bridgehead atoms. The second-order valence-electron chi connectivity index (χ2n) is 16.5. The zero-order valence-electron chi connectivity index (χ0n) is 39.2. The summed E-state index contributed by atoms with van der Waals surface area (Å²) in [4.78, 5) is 23.3. The third-order valence-corrected chi connectivity index (χ3v) is 12.4. The molecule has 0 aliphatic carbocycles. The van der Waals surface area contributed by atoms with E-state index in [0.29, 0.717) is 26.4 Å². The Morgan fingerprint density at radius 2 is 0.351 bits per heavy atom. The number of hydrogen-bond acceptors (Lipinski definition) is 6. The van der Waals surface area contributed by atoms with Gasteiger partial charge in [-0.3, -0.25) is 0 Å². The van der Waals surface area contributed by atoms with Crippen LogP contribution in [0, 0.1) is 0 Å². The molecular weight excluding hydrogens is 872 g/mol. The molecule has 0 saturated heterocycles. The Labute approximate surface area is 401 Å². The normalized spacial score (nSPS) is 11.4. The van der Waals surface area contributed by atoms with E-state index in [4.69, 9.17) is 18.1 Å². The minimum atomic E-state index is -1.90. The van der Waals surface area contributed by atoms with Crippen molar-refractivity contribution >= 4 is 66.1 Å². The van der Waals surface area contributed by atoms with Gasteiger partial charge < -0.3 is 27.9 Å². The molecule has 0 aromatic heterocycles. The molecule has 0 aliphatic rings. The molecule has 9 heteroatoms. The summed E-state index contributed by atoms with van der Waals surface area (Å²) < 4.78 is 21.2. The Bertz CT molecular complexity index is 562. The van der Waals surface area contributed by atoms with E-state index in [9.17, 15) is 9.79 Å². The Balaban J connectivity index is -0.00000101. The van der Waals surface area contributed by atoms with Crippen molar-refractivity contribution in [2.24, 2.45) is 0 Å². The third kappa shape index (κ3) is 62.6. The molecular formula is C48H100BaO6P2. The van der Waals surface area contributed by atoms with Crippen molar-refractivity contribution in [2.45, 2.75) is 285 Å². The van der Waals surface area contributed by atoms with Gasteiger partial charge in [0.25, 0.3) is 0 Å². The summed E-state index contributed by atoms with van der Waals surface area (Å²) in [7, 11) is -3.81. The van der Waals surface area contributed by atoms with Gasteiger partial charge in [0.2, 0.25) is 0 Å². The predicted octanol–water partition coefficient (Wildman–Crippen LogP) is 16.5. The Morgan fingerprint density at radius 1 is 0.228 bits per heavy atom. The van der Waals surface area contributed by atoms with E-state index in [2.05, 4.69) is 27.7 Å². The summed E-state index contributed by atoms with van der Waals surface area (Å²) in [5.41, 5.74) is 0. The van der Waals surface area contributed by atoms with E-state index in [1.54, 1.807) is 0 Å². The molecule has 0 spiro atoms. The maximum absolute atomic E-state index is 11.7.